The molecule has 0 radical (unpaired) electrons. The molecule has 0 saturated carbocycles. The van der Waals surface area contributed by atoms with E-state index in [9.17, 15) is 4.79 Å². The van der Waals surface area contributed by atoms with Gasteiger partial charge in [0.15, 0.2) is 0 Å². The van der Waals surface area contributed by atoms with Crippen LogP contribution in [0.5, 0.6) is 0 Å². The van der Waals surface area contributed by atoms with Gasteiger partial charge < -0.3 is 9.47 Å². The monoisotopic (exact) mass is 214 g/mol. The number of hydrogen-bond acceptors (Lipinski definition) is 3. The first kappa shape index (κ1) is 14.2. The summed E-state index contributed by atoms with van der Waals surface area (Å²) in [5.74, 6) is 0.260. The van der Waals surface area contributed by atoms with Crippen molar-refractivity contribution in [2.24, 2.45) is 5.92 Å². The van der Waals surface area contributed by atoms with Crippen LogP contribution in [0.1, 0.15) is 34.1 Å². The number of allylic oxidation sites excluding steroid dienone is 1. The van der Waals surface area contributed by atoms with Gasteiger partial charge in [0.1, 0.15) is 0 Å². The summed E-state index contributed by atoms with van der Waals surface area (Å²) >= 11 is 0. The van der Waals surface area contributed by atoms with Crippen LogP contribution >= 0.6 is 0 Å². The maximum atomic E-state index is 11.6. The molecule has 0 aromatic carbocycles. The maximum absolute atomic E-state index is 11.6. The highest BCUT2D eigenvalue weighted by molar-refractivity contribution is 5.88. The zero-order chi connectivity index (χ0) is 11.8. The zero-order valence-electron chi connectivity index (χ0n) is 10.4. The average molecular weight is 214 g/mol. The highest BCUT2D eigenvalue weighted by Gasteiger charge is 2.12. The topological polar surface area (TPSA) is 35.5 Å². The molecule has 0 spiro atoms. The fourth-order valence-electron chi connectivity index (χ4n) is 1.02. The summed E-state index contributed by atoms with van der Waals surface area (Å²) in [6.45, 7) is 8.21. The SMILES string of the molecule is COCC(=CCC(C)C)C(=O)OC(C)C. The number of rotatable bonds is 6. The normalized spacial score (nSPS) is 12.3. The number of methoxy groups -OCH3 is 1. The summed E-state index contributed by atoms with van der Waals surface area (Å²) in [5, 5.41) is 0. The van der Waals surface area contributed by atoms with Crippen LogP contribution in [0.2, 0.25) is 0 Å². The molecule has 3 nitrogen and oxygen atoms in total. The minimum atomic E-state index is -0.271. The lowest BCUT2D eigenvalue weighted by Crippen LogP contribution is -2.16. The molecule has 0 aliphatic carbocycles. The van der Waals surface area contributed by atoms with Crippen molar-refractivity contribution >= 4 is 5.97 Å². The summed E-state index contributed by atoms with van der Waals surface area (Å²) in [4.78, 5) is 11.6. The second-order valence-electron chi connectivity index (χ2n) is 4.25. The number of esters is 1. The number of carbonyl (C=O) groups is 1. The molecular weight excluding hydrogens is 192 g/mol. The fraction of sp³-hybridized carbons (Fsp3) is 0.750. The molecule has 0 rings (SSSR count). The first-order chi connectivity index (χ1) is 6.97. The maximum Gasteiger partial charge on any atom is 0.336 e. The van der Waals surface area contributed by atoms with Crippen LogP contribution in [0.15, 0.2) is 11.6 Å². The van der Waals surface area contributed by atoms with Gasteiger partial charge >= 0.3 is 5.97 Å². The Labute approximate surface area is 92.5 Å². The lowest BCUT2D eigenvalue weighted by molar-refractivity contribution is -0.143. The second-order valence-corrected chi connectivity index (χ2v) is 4.25. The van der Waals surface area contributed by atoms with Crippen LogP contribution < -0.4 is 0 Å². The predicted molar refractivity (Wildman–Crippen MR) is 60.6 cm³/mol. The van der Waals surface area contributed by atoms with Gasteiger partial charge in [-0.25, -0.2) is 4.79 Å². The van der Waals surface area contributed by atoms with Crippen molar-refractivity contribution in [2.75, 3.05) is 13.7 Å². The van der Waals surface area contributed by atoms with Crippen LogP contribution in [0, 0.1) is 5.92 Å². The first-order valence-electron chi connectivity index (χ1n) is 5.36. The Hall–Kier alpha value is -0.830. The number of ether oxygens (including phenoxy) is 2. The van der Waals surface area contributed by atoms with Crippen molar-refractivity contribution in [3.05, 3.63) is 11.6 Å². The van der Waals surface area contributed by atoms with Crippen LogP contribution in [0.3, 0.4) is 0 Å². The third kappa shape index (κ3) is 7.14. The van der Waals surface area contributed by atoms with Gasteiger partial charge in [-0.05, 0) is 26.2 Å². The van der Waals surface area contributed by atoms with Gasteiger partial charge in [-0.1, -0.05) is 19.9 Å². The van der Waals surface area contributed by atoms with E-state index in [1.807, 2.05) is 19.9 Å². The van der Waals surface area contributed by atoms with Crippen LogP contribution in [0.4, 0.5) is 0 Å². The Morgan fingerprint density at radius 3 is 2.27 bits per heavy atom. The van der Waals surface area contributed by atoms with Crippen molar-refractivity contribution < 1.29 is 14.3 Å². The lowest BCUT2D eigenvalue weighted by atomic mass is 10.1. The van der Waals surface area contributed by atoms with Crippen LogP contribution in [0.25, 0.3) is 0 Å². The Morgan fingerprint density at radius 2 is 1.87 bits per heavy atom. The van der Waals surface area contributed by atoms with E-state index in [1.165, 1.54) is 0 Å². The third-order valence-electron chi connectivity index (χ3n) is 1.74. The molecule has 0 aliphatic heterocycles. The molecule has 0 aromatic rings. The van der Waals surface area contributed by atoms with E-state index in [1.54, 1.807) is 7.11 Å². The minimum Gasteiger partial charge on any atom is -0.460 e. The van der Waals surface area contributed by atoms with E-state index in [2.05, 4.69) is 13.8 Å². The zero-order valence-corrected chi connectivity index (χ0v) is 10.4. The molecule has 0 saturated heterocycles. The lowest BCUT2D eigenvalue weighted by Gasteiger charge is -2.10. The number of hydrogen-bond donors (Lipinski definition) is 0. The summed E-state index contributed by atoms with van der Waals surface area (Å²) < 4.78 is 10.1. The molecule has 0 aliphatic rings. The van der Waals surface area contributed by atoms with Gasteiger partial charge in [-0.3, -0.25) is 0 Å². The Morgan fingerprint density at radius 1 is 1.27 bits per heavy atom. The van der Waals surface area contributed by atoms with Crippen molar-refractivity contribution in [1.82, 2.24) is 0 Å². The molecule has 15 heavy (non-hydrogen) atoms. The molecule has 0 fully saturated rings. The van der Waals surface area contributed by atoms with Crippen molar-refractivity contribution in [1.29, 1.82) is 0 Å². The van der Waals surface area contributed by atoms with Gasteiger partial charge in [-0.2, -0.15) is 0 Å². The van der Waals surface area contributed by atoms with Gasteiger partial charge in [0, 0.05) is 7.11 Å². The second kappa shape index (κ2) is 7.46. The summed E-state index contributed by atoms with van der Waals surface area (Å²) in [6, 6.07) is 0. The number of carbonyl (C=O) groups excluding carboxylic acids is 1. The molecule has 0 aromatic heterocycles. The predicted octanol–water partition coefficient (Wildman–Crippen LogP) is 2.56. The Balaban J connectivity index is 4.36. The van der Waals surface area contributed by atoms with E-state index in [4.69, 9.17) is 9.47 Å². The molecule has 0 unspecified atom stereocenters. The molecule has 0 N–H and O–H groups in total. The molecule has 3 heteroatoms. The summed E-state index contributed by atoms with van der Waals surface area (Å²) in [7, 11) is 1.58. The Bertz CT molecular complexity index is 217. The largest absolute Gasteiger partial charge is 0.460 e. The third-order valence-corrected chi connectivity index (χ3v) is 1.74. The van der Waals surface area contributed by atoms with Crippen molar-refractivity contribution in [3.8, 4) is 0 Å². The van der Waals surface area contributed by atoms with E-state index in [0.29, 0.717) is 18.1 Å². The van der Waals surface area contributed by atoms with E-state index in [0.717, 1.165) is 6.42 Å². The molecule has 0 bridgehead atoms. The van der Waals surface area contributed by atoms with Crippen LogP contribution in [-0.2, 0) is 14.3 Å². The van der Waals surface area contributed by atoms with E-state index in [-0.39, 0.29) is 12.1 Å². The fourth-order valence-corrected chi connectivity index (χ4v) is 1.02. The van der Waals surface area contributed by atoms with Gasteiger partial charge in [-0.15, -0.1) is 0 Å². The summed E-state index contributed by atoms with van der Waals surface area (Å²) in [6.07, 6.45) is 2.68. The highest BCUT2D eigenvalue weighted by Crippen LogP contribution is 2.08. The molecule has 0 amide bonds. The first-order valence-corrected chi connectivity index (χ1v) is 5.36. The van der Waals surface area contributed by atoms with Gasteiger partial charge in [0.25, 0.3) is 0 Å². The van der Waals surface area contributed by atoms with Crippen molar-refractivity contribution in [3.63, 3.8) is 0 Å². The van der Waals surface area contributed by atoms with E-state index < -0.39 is 0 Å². The standard InChI is InChI=1S/C12H22O3/c1-9(2)6-7-11(8-14-5)12(13)15-10(3)4/h7,9-10H,6,8H2,1-5H3. The quantitative estimate of drug-likeness (QED) is 0.503. The van der Waals surface area contributed by atoms with Gasteiger partial charge in [0.2, 0.25) is 0 Å². The molecular formula is C12H22O3. The van der Waals surface area contributed by atoms with Crippen LogP contribution in [-0.4, -0.2) is 25.8 Å². The van der Waals surface area contributed by atoms with Gasteiger partial charge in [0.05, 0.1) is 18.3 Å². The van der Waals surface area contributed by atoms with E-state index >= 15 is 0 Å². The minimum absolute atomic E-state index is 0.0863. The smallest absolute Gasteiger partial charge is 0.336 e. The average Bonchev–Trinajstić information content (AvgIpc) is 2.10. The highest BCUT2D eigenvalue weighted by atomic mass is 16.5. The Kier molecular flexibility index (Phi) is 7.05. The molecule has 0 atom stereocenters. The summed E-state index contributed by atoms with van der Waals surface area (Å²) in [5.41, 5.74) is 0.611. The van der Waals surface area contributed by atoms with Crippen molar-refractivity contribution in [2.45, 2.75) is 40.2 Å². The molecule has 0 heterocycles. The molecule has 88 valence electrons.